The van der Waals surface area contributed by atoms with Gasteiger partial charge in [0.2, 0.25) is 0 Å². The first-order chi connectivity index (χ1) is 17.6. The molecular formula is C26H27FN6O3S. The van der Waals surface area contributed by atoms with Gasteiger partial charge in [-0.05, 0) is 37.1 Å². The fraction of sp³-hybridized carbons (Fsp3) is 0.308. The van der Waals surface area contributed by atoms with E-state index in [9.17, 15) is 17.6 Å². The number of benzene rings is 2. The Hall–Kier alpha value is -3.86. The third kappa shape index (κ3) is 4.66. The summed E-state index contributed by atoms with van der Waals surface area (Å²) in [5, 5.41) is 15.3. The largest absolute Gasteiger partial charge is 0.354 e. The van der Waals surface area contributed by atoms with Gasteiger partial charge in [0.1, 0.15) is 11.5 Å². The summed E-state index contributed by atoms with van der Waals surface area (Å²) in [5.74, 6) is -0.387. The van der Waals surface area contributed by atoms with Gasteiger partial charge in [0, 0.05) is 56.5 Å². The summed E-state index contributed by atoms with van der Waals surface area (Å²) in [6, 6.07) is 13.0. The number of piperidine rings is 1. The summed E-state index contributed by atoms with van der Waals surface area (Å²) < 4.78 is 40.0. The second kappa shape index (κ2) is 9.55. The van der Waals surface area contributed by atoms with E-state index in [1.54, 1.807) is 17.9 Å². The normalized spacial score (nSPS) is 14.8. The number of hydrogen-bond donors (Lipinski definition) is 0. The van der Waals surface area contributed by atoms with E-state index in [0.717, 1.165) is 52.4 Å². The molecule has 0 saturated carbocycles. The third-order valence-electron chi connectivity index (χ3n) is 6.93. The minimum atomic E-state index is -3.69. The maximum absolute atomic E-state index is 13.9. The van der Waals surface area contributed by atoms with Gasteiger partial charge in [-0.1, -0.05) is 24.3 Å². The second-order valence-corrected chi connectivity index (χ2v) is 11.3. The van der Waals surface area contributed by atoms with Crippen LogP contribution >= 0.6 is 0 Å². The fourth-order valence-corrected chi connectivity index (χ4v) is 5.79. The SMILES string of the molecule is CN(C(=O)c1cc(F)ccc1S(C)(=O)=O)C1CCN(c2nnc(-c3ccnn3C)c3ccccc23)CC1. The molecule has 5 rings (SSSR count). The van der Waals surface area contributed by atoms with Crippen molar-refractivity contribution in [1.29, 1.82) is 0 Å². The van der Waals surface area contributed by atoms with Gasteiger partial charge in [-0.3, -0.25) is 9.48 Å². The Bertz CT molecular complexity index is 1600. The highest BCUT2D eigenvalue weighted by molar-refractivity contribution is 7.90. The number of hydrogen-bond acceptors (Lipinski definition) is 7. The molecule has 0 atom stereocenters. The van der Waals surface area contributed by atoms with Gasteiger partial charge >= 0.3 is 0 Å². The monoisotopic (exact) mass is 522 g/mol. The molecule has 2 aromatic carbocycles. The Morgan fingerprint density at radius 3 is 2.41 bits per heavy atom. The summed E-state index contributed by atoms with van der Waals surface area (Å²) in [5.41, 5.74) is 1.49. The van der Waals surface area contributed by atoms with Crippen LogP contribution in [0.5, 0.6) is 0 Å². The minimum Gasteiger partial charge on any atom is -0.354 e. The van der Waals surface area contributed by atoms with Crippen LogP contribution in [0, 0.1) is 5.82 Å². The lowest BCUT2D eigenvalue weighted by atomic mass is 10.0. The fourth-order valence-electron chi connectivity index (χ4n) is 4.93. The van der Waals surface area contributed by atoms with Crippen molar-refractivity contribution in [3.63, 3.8) is 0 Å². The maximum atomic E-state index is 13.9. The number of halogens is 1. The van der Waals surface area contributed by atoms with Crippen LogP contribution in [0.15, 0.2) is 59.6 Å². The predicted octanol–water partition coefficient (Wildman–Crippen LogP) is 3.31. The maximum Gasteiger partial charge on any atom is 0.255 e. The van der Waals surface area contributed by atoms with E-state index in [1.807, 2.05) is 37.4 Å². The Kier molecular flexibility index (Phi) is 6.40. The Morgan fingerprint density at radius 2 is 1.76 bits per heavy atom. The van der Waals surface area contributed by atoms with Crippen LogP contribution < -0.4 is 4.90 Å². The molecule has 3 heterocycles. The van der Waals surface area contributed by atoms with E-state index >= 15 is 0 Å². The van der Waals surface area contributed by atoms with E-state index in [2.05, 4.69) is 20.2 Å². The molecule has 1 aliphatic rings. The van der Waals surface area contributed by atoms with Crippen molar-refractivity contribution in [3.05, 3.63) is 66.1 Å². The van der Waals surface area contributed by atoms with Gasteiger partial charge < -0.3 is 9.80 Å². The summed E-state index contributed by atoms with van der Waals surface area (Å²) in [6.07, 6.45) is 4.03. The minimum absolute atomic E-state index is 0.132. The molecule has 0 N–H and O–H groups in total. The van der Waals surface area contributed by atoms with Crippen molar-refractivity contribution in [2.75, 3.05) is 31.3 Å². The molecule has 0 bridgehead atoms. The molecule has 0 aliphatic carbocycles. The number of carbonyl (C=O) groups excluding carboxylic acids is 1. The first-order valence-corrected chi connectivity index (χ1v) is 13.8. The molecule has 11 heteroatoms. The number of rotatable bonds is 5. The number of aromatic nitrogens is 4. The van der Waals surface area contributed by atoms with Crippen molar-refractivity contribution in [2.45, 2.75) is 23.8 Å². The van der Waals surface area contributed by atoms with Crippen LogP contribution in [0.2, 0.25) is 0 Å². The third-order valence-corrected chi connectivity index (χ3v) is 8.09. The van der Waals surface area contributed by atoms with Crippen molar-refractivity contribution < 1.29 is 17.6 Å². The van der Waals surface area contributed by atoms with E-state index in [1.165, 1.54) is 4.90 Å². The Morgan fingerprint density at radius 1 is 1.05 bits per heavy atom. The molecule has 1 aliphatic heterocycles. The van der Waals surface area contributed by atoms with Crippen molar-refractivity contribution >= 4 is 32.3 Å². The smallest absolute Gasteiger partial charge is 0.255 e. The van der Waals surface area contributed by atoms with Crippen molar-refractivity contribution in [3.8, 4) is 11.4 Å². The Balaban J connectivity index is 1.37. The average Bonchev–Trinajstić information content (AvgIpc) is 3.32. The molecule has 0 spiro atoms. The summed E-state index contributed by atoms with van der Waals surface area (Å²) >= 11 is 0. The molecule has 37 heavy (non-hydrogen) atoms. The van der Waals surface area contributed by atoms with Gasteiger partial charge in [0.25, 0.3) is 5.91 Å². The average molecular weight is 523 g/mol. The number of fused-ring (bicyclic) bond motifs is 1. The highest BCUT2D eigenvalue weighted by atomic mass is 32.2. The van der Waals surface area contributed by atoms with Crippen LogP contribution in [0.25, 0.3) is 22.2 Å². The summed E-state index contributed by atoms with van der Waals surface area (Å²) in [4.78, 5) is 16.7. The predicted molar refractivity (Wildman–Crippen MR) is 139 cm³/mol. The van der Waals surface area contributed by atoms with Gasteiger partial charge in [0.15, 0.2) is 15.7 Å². The molecule has 1 saturated heterocycles. The first kappa shape index (κ1) is 24.8. The standard InChI is InChI=1S/C26H27FN6O3S/c1-31(26(34)21-16-17(27)8-9-23(21)37(3,35)36)18-11-14-33(15-12-18)25-20-7-5-4-6-19(20)24(29-30-25)22-10-13-28-32(22)2/h4-10,13,16,18H,11-12,14-15H2,1-3H3. The number of sulfone groups is 1. The quantitative estimate of drug-likeness (QED) is 0.371. The zero-order chi connectivity index (χ0) is 26.3. The molecule has 4 aromatic rings. The van der Waals surface area contributed by atoms with Crippen molar-refractivity contribution in [2.24, 2.45) is 7.05 Å². The summed E-state index contributed by atoms with van der Waals surface area (Å²) in [7, 11) is -0.188. The van der Waals surface area contributed by atoms with E-state index in [4.69, 9.17) is 0 Å². The van der Waals surface area contributed by atoms with E-state index in [0.29, 0.717) is 25.9 Å². The zero-order valence-corrected chi connectivity index (χ0v) is 21.6. The van der Waals surface area contributed by atoms with Gasteiger partial charge in [-0.15, -0.1) is 10.2 Å². The van der Waals surface area contributed by atoms with E-state index in [-0.39, 0.29) is 16.5 Å². The molecule has 192 valence electrons. The summed E-state index contributed by atoms with van der Waals surface area (Å²) in [6.45, 7) is 1.27. The van der Waals surface area contributed by atoms with Crippen molar-refractivity contribution in [1.82, 2.24) is 24.9 Å². The lowest BCUT2D eigenvalue weighted by molar-refractivity contribution is 0.0704. The van der Waals surface area contributed by atoms with Crippen LogP contribution in [-0.2, 0) is 16.9 Å². The lowest BCUT2D eigenvalue weighted by Crippen LogP contribution is -2.46. The molecule has 1 amide bonds. The number of carbonyl (C=O) groups is 1. The van der Waals surface area contributed by atoms with Gasteiger partial charge in [0.05, 0.1) is 16.2 Å². The zero-order valence-electron chi connectivity index (χ0n) is 20.8. The second-order valence-electron chi connectivity index (χ2n) is 9.30. The molecule has 0 unspecified atom stereocenters. The number of nitrogens with zero attached hydrogens (tertiary/aromatic N) is 6. The topological polar surface area (TPSA) is 101 Å². The molecular weight excluding hydrogens is 495 g/mol. The number of anilines is 1. The van der Waals surface area contributed by atoms with Crippen LogP contribution in [0.1, 0.15) is 23.2 Å². The van der Waals surface area contributed by atoms with Crippen LogP contribution in [0.3, 0.4) is 0 Å². The first-order valence-electron chi connectivity index (χ1n) is 11.9. The van der Waals surface area contributed by atoms with Crippen LogP contribution in [0.4, 0.5) is 10.2 Å². The molecule has 0 radical (unpaired) electrons. The molecule has 2 aromatic heterocycles. The van der Waals surface area contributed by atoms with Crippen LogP contribution in [-0.4, -0.2) is 71.6 Å². The highest BCUT2D eigenvalue weighted by Gasteiger charge is 2.30. The molecule has 9 nitrogen and oxygen atoms in total. The van der Waals surface area contributed by atoms with Gasteiger partial charge in [-0.25, -0.2) is 12.8 Å². The number of amides is 1. The van der Waals surface area contributed by atoms with Gasteiger partial charge in [-0.2, -0.15) is 5.10 Å². The van der Waals surface area contributed by atoms with E-state index < -0.39 is 21.6 Å². The Labute approximate surface area is 214 Å². The number of aryl methyl sites for hydroxylation is 1. The highest BCUT2D eigenvalue weighted by Crippen LogP contribution is 2.33. The lowest BCUT2D eigenvalue weighted by Gasteiger charge is -2.37. The molecule has 1 fully saturated rings.